The Hall–Kier alpha value is -1.46. The highest BCUT2D eigenvalue weighted by molar-refractivity contribution is 7.13. The van der Waals surface area contributed by atoms with Crippen molar-refractivity contribution in [2.24, 2.45) is 0 Å². The average molecular weight is 235 g/mol. The van der Waals surface area contributed by atoms with E-state index in [1.165, 1.54) is 0 Å². The lowest BCUT2D eigenvalue weighted by molar-refractivity contribution is 0.292. The largest absolute Gasteiger partial charge is 0.396 e. The number of nitrogens with one attached hydrogen (secondary N) is 1. The van der Waals surface area contributed by atoms with Crippen LogP contribution in [0.25, 0.3) is 10.6 Å². The monoisotopic (exact) mass is 235 g/mol. The Morgan fingerprint density at radius 3 is 3.06 bits per heavy atom. The molecule has 84 valence electrons. The van der Waals surface area contributed by atoms with Crippen molar-refractivity contribution in [3.05, 3.63) is 29.9 Å². The zero-order chi connectivity index (χ0) is 11.2. The van der Waals surface area contributed by atoms with E-state index in [4.69, 9.17) is 5.11 Å². The summed E-state index contributed by atoms with van der Waals surface area (Å²) in [6.07, 6.45) is 2.27. The Balaban J connectivity index is 2.08. The molecule has 0 aliphatic rings. The molecule has 2 heterocycles. The second-order valence-corrected chi connectivity index (χ2v) is 4.22. The smallest absolute Gasteiger partial charge is 0.129 e. The van der Waals surface area contributed by atoms with Gasteiger partial charge in [-0.05, 0) is 17.9 Å². The van der Waals surface area contributed by atoms with E-state index in [9.17, 15) is 0 Å². The van der Waals surface area contributed by atoms with Crippen LogP contribution in [0.4, 0.5) is 5.82 Å². The minimum absolute atomic E-state index is 0.190. The van der Waals surface area contributed by atoms with E-state index in [-0.39, 0.29) is 6.61 Å². The first kappa shape index (κ1) is 11.0. The van der Waals surface area contributed by atoms with E-state index in [2.05, 4.69) is 15.3 Å². The standard InChI is InChI=1S/C11H13N3OS/c15-5-2-4-12-11-7-9(13-8-14-11)10-3-1-6-16-10/h1,3,6-8,15H,2,4-5H2,(H,12,13,14). The fourth-order valence-electron chi connectivity index (χ4n) is 1.31. The summed E-state index contributed by atoms with van der Waals surface area (Å²) >= 11 is 1.66. The van der Waals surface area contributed by atoms with Crippen LogP contribution in [-0.4, -0.2) is 28.2 Å². The fourth-order valence-corrected chi connectivity index (χ4v) is 2.00. The number of aliphatic hydroxyl groups excluding tert-OH is 1. The van der Waals surface area contributed by atoms with Crippen LogP contribution in [0.2, 0.25) is 0 Å². The topological polar surface area (TPSA) is 58.0 Å². The third-order valence-electron chi connectivity index (χ3n) is 2.08. The highest BCUT2D eigenvalue weighted by Crippen LogP contribution is 2.23. The minimum atomic E-state index is 0.190. The molecule has 0 aliphatic heterocycles. The maximum Gasteiger partial charge on any atom is 0.129 e. The molecule has 0 amide bonds. The Kier molecular flexibility index (Phi) is 3.85. The number of rotatable bonds is 5. The molecule has 0 aliphatic carbocycles. The van der Waals surface area contributed by atoms with Crippen molar-refractivity contribution in [2.45, 2.75) is 6.42 Å². The summed E-state index contributed by atoms with van der Waals surface area (Å²) in [6, 6.07) is 5.95. The molecule has 2 aromatic rings. The summed E-state index contributed by atoms with van der Waals surface area (Å²) < 4.78 is 0. The molecular weight excluding hydrogens is 222 g/mol. The number of nitrogens with zero attached hydrogens (tertiary/aromatic N) is 2. The van der Waals surface area contributed by atoms with E-state index < -0.39 is 0 Å². The molecular formula is C11H13N3OS. The molecule has 0 fully saturated rings. The quantitative estimate of drug-likeness (QED) is 0.778. The van der Waals surface area contributed by atoms with E-state index in [1.54, 1.807) is 17.7 Å². The van der Waals surface area contributed by atoms with Gasteiger partial charge in [-0.25, -0.2) is 9.97 Å². The van der Waals surface area contributed by atoms with Crippen LogP contribution >= 0.6 is 11.3 Å². The number of thiophene rings is 1. The Labute approximate surface area is 98.0 Å². The van der Waals surface area contributed by atoms with Gasteiger partial charge in [-0.3, -0.25) is 0 Å². The molecule has 2 aromatic heterocycles. The van der Waals surface area contributed by atoms with Gasteiger partial charge in [0, 0.05) is 19.2 Å². The van der Waals surface area contributed by atoms with Crippen LogP contribution in [0.1, 0.15) is 6.42 Å². The summed E-state index contributed by atoms with van der Waals surface area (Å²) in [5, 5.41) is 13.8. The SMILES string of the molecule is OCCCNc1cc(-c2cccs2)ncn1. The van der Waals surface area contributed by atoms with Crippen LogP contribution in [0, 0.1) is 0 Å². The Bertz CT molecular complexity index is 431. The number of hydrogen-bond donors (Lipinski definition) is 2. The van der Waals surface area contributed by atoms with Crippen LogP contribution in [-0.2, 0) is 0 Å². The van der Waals surface area contributed by atoms with Crippen molar-refractivity contribution in [3.8, 4) is 10.6 Å². The zero-order valence-electron chi connectivity index (χ0n) is 8.76. The molecule has 0 saturated heterocycles. The fraction of sp³-hybridized carbons (Fsp3) is 0.273. The van der Waals surface area contributed by atoms with Crippen LogP contribution in [0.3, 0.4) is 0 Å². The van der Waals surface area contributed by atoms with E-state index in [0.29, 0.717) is 0 Å². The predicted octanol–water partition coefficient (Wildman–Crippen LogP) is 2.00. The molecule has 2 N–H and O–H groups in total. The molecule has 0 atom stereocenters. The zero-order valence-corrected chi connectivity index (χ0v) is 9.57. The highest BCUT2D eigenvalue weighted by atomic mass is 32.1. The van der Waals surface area contributed by atoms with Crippen LogP contribution < -0.4 is 5.32 Å². The van der Waals surface area contributed by atoms with Gasteiger partial charge in [0.25, 0.3) is 0 Å². The first-order valence-corrected chi connectivity index (χ1v) is 5.99. The lowest BCUT2D eigenvalue weighted by atomic mass is 10.3. The Morgan fingerprint density at radius 1 is 1.38 bits per heavy atom. The third-order valence-corrected chi connectivity index (χ3v) is 2.97. The first-order chi connectivity index (χ1) is 7.90. The maximum atomic E-state index is 8.68. The normalized spacial score (nSPS) is 10.3. The predicted molar refractivity (Wildman–Crippen MR) is 65.5 cm³/mol. The lowest BCUT2D eigenvalue weighted by Crippen LogP contribution is -2.05. The minimum Gasteiger partial charge on any atom is -0.396 e. The van der Waals surface area contributed by atoms with Crippen molar-refractivity contribution in [1.29, 1.82) is 0 Å². The number of anilines is 1. The van der Waals surface area contributed by atoms with Gasteiger partial charge in [0.15, 0.2) is 0 Å². The molecule has 16 heavy (non-hydrogen) atoms. The van der Waals surface area contributed by atoms with Gasteiger partial charge in [0.2, 0.25) is 0 Å². The van der Waals surface area contributed by atoms with Gasteiger partial charge >= 0.3 is 0 Å². The molecule has 0 spiro atoms. The molecule has 0 bridgehead atoms. The van der Waals surface area contributed by atoms with Crippen molar-refractivity contribution in [3.63, 3.8) is 0 Å². The summed E-state index contributed by atoms with van der Waals surface area (Å²) in [5.41, 5.74) is 0.927. The highest BCUT2D eigenvalue weighted by Gasteiger charge is 2.01. The molecule has 4 nitrogen and oxygen atoms in total. The second-order valence-electron chi connectivity index (χ2n) is 3.27. The van der Waals surface area contributed by atoms with Gasteiger partial charge in [0.05, 0.1) is 10.6 Å². The molecule has 0 saturated carbocycles. The van der Waals surface area contributed by atoms with Crippen molar-refractivity contribution in [2.75, 3.05) is 18.5 Å². The van der Waals surface area contributed by atoms with Crippen LogP contribution in [0.15, 0.2) is 29.9 Å². The number of aliphatic hydroxyl groups is 1. The van der Waals surface area contributed by atoms with Crippen molar-refractivity contribution >= 4 is 17.2 Å². The number of aromatic nitrogens is 2. The van der Waals surface area contributed by atoms with E-state index >= 15 is 0 Å². The molecule has 0 radical (unpaired) electrons. The van der Waals surface area contributed by atoms with Gasteiger partial charge in [-0.2, -0.15) is 0 Å². The summed E-state index contributed by atoms with van der Waals surface area (Å²) in [4.78, 5) is 9.47. The van der Waals surface area contributed by atoms with Gasteiger partial charge in [-0.1, -0.05) is 6.07 Å². The lowest BCUT2D eigenvalue weighted by Gasteiger charge is -2.04. The summed E-state index contributed by atoms with van der Waals surface area (Å²) in [5.74, 6) is 0.798. The van der Waals surface area contributed by atoms with Gasteiger partial charge in [0.1, 0.15) is 12.1 Å². The van der Waals surface area contributed by atoms with Gasteiger partial charge < -0.3 is 10.4 Å². The summed E-state index contributed by atoms with van der Waals surface area (Å²) in [7, 11) is 0. The van der Waals surface area contributed by atoms with Crippen molar-refractivity contribution < 1.29 is 5.11 Å². The first-order valence-electron chi connectivity index (χ1n) is 5.11. The van der Waals surface area contributed by atoms with Gasteiger partial charge in [-0.15, -0.1) is 11.3 Å². The van der Waals surface area contributed by atoms with E-state index in [0.717, 1.165) is 29.4 Å². The second kappa shape index (κ2) is 5.58. The third kappa shape index (κ3) is 2.77. The van der Waals surface area contributed by atoms with Crippen molar-refractivity contribution in [1.82, 2.24) is 9.97 Å². The van der Waals surface area contributed by atoms with Crippen LogP contribution in [0.5, 0.6) is 0 Å². The molecule has 5 heteroatoms. The summed E-state index contributed by atoms with van der Waals surface area (Å²) in [6.45, 7) is 0.910. The van der Waals surface area contributed by atoms with E-state index in [1.807, 2.05) is 23.6 Å². The molecule has 0 aromatic carbocycles. The Morgan fingerprint density at radius 2 is 2.31 bits per heavy atom. The molecule has 2 rings (SSSR count). The number of hydrogen-bond acceptors (Lipinski definition) is 5. The average Bonchev–Trinajstić information content (AvgIpc) is 2.83. The molecule has 0 unspecified atom stereocenters. The maximum absolute atomic E-state index is 8.68.